The molecular weight excluding hydrogens is 374 g/mol. The van der Waals surface area contributed by atoms with Crippen LogP contribution in [0.1, 0.15) is 24.5 Å². The fourth-order valence-electron chi connectivity index (χ4n) is 2.78. The van der Waals surface area contributed by atoms with Crippen LogP contribution in [-0.4, -0.2) is 29.9 Å². The lowest BCUT2D eigenvalue weighted by atomic mass is 10.1. The molecule has 1 aliphatic rings. The van der Waals surface area contributed by atoms with Crippen molar-refractivity contribution in [2.24, 2.45) is 0 Å². The standard InChI is InChI=1S/C21H23N3O5/c1-12-7-6-10-16(13(12)2)28-14(3)20(26)24-23-19(25)11-18-21(27)22-15-8-4-5-9-17(15)29-18/h4-10,14,18H,11H2,1-3H3,(H,22,27)(H,23,25)(H,24,26)/t14-,18+/m0/s1. The monoisotopic (exact) mass is 397 g/mol. The van der Waals surface area contributed by atoms with E-state index in [0.29, 0.717) is 17.2 Å². The highest BCUT2D eigenvalue weighted by atomic mass is 16.5. The summed E-state index contributed by atoms with van der Waals surface area (Å²) >= 11 is 0. The number of para-hydroxylation sites is 2. The second kappa shape index (κ2) is 8.64. The third-order valence-electron chi connectivity index (χ3n) is 4.63. The van der Waals surface area contributed by atoms with Crippen LogP contribution in [-0.2, 0) is 14.4 Å². The molecule has 0 unspecified atom stereocenters. The minimum atomic E-state index is -0.981. The number of fused-ring (bicyclic) bond motifs is 1. The van der Waals surface area contributed by atoms with Crippen molar-refractivity contribution in [3.8, 4) is 11.5 Å². The molecule has 152 valence electrons. The SMILES string of the molecule is Cc1cccc(O[C@@H](C)C(=O)NNC(=O)C[C@H]2Oc3ccccc3NC2=O)c1C. The Morgan fingerprint density at radius 3 is 2.69 bits per heavy atom. The van der Waals surface area contributed by atoms with Crippen molar-refractivity contribution in [3.05, 3.63) is 53.6 Å². The average Bonchev–Trinajstić information content (AvgIpc) is 2.70. The first kappa shape index (κ1) is 20.2. The maximum atomic E-state index is 12.2. The Kier molecular flexibility index (Phi) is 6.01. The lowest BCUT2D eigenvalue weighted by Crippen LogP contribution is -2.49. The van der Waals surface area contributed by atoms with Crippen molar-refractivity contribution in [2.45, 2.75) is 39.4 Å². The number of carbonyl (C=O) groups is 3. The number of nitrogens with one attached hydrogen (secondary N) is 3. The van der Waals surface area contributed by atoms with Gasteiger partial charge >= 0.3 is 0 Å². The topological polar surface area (TPSA) is 106 Å². The van der Waals surface area contributed by atoms with Crippen LogP contribution in [0.5, 0.6) is 11.5 Å². The van der Waals surface area contributed by atoms with Gasteiger partial charge in [-0.25, -0.2) is 0 Å². The summed E-state index contributed by atoms with van der Waals surface area (Å²) in [5.41, 5.74) is 7.15. The zero-order valence-electron chi connectivity index (χ0n) is 16.4. The second-order valence-corrected chi connectivity index (χ2v) is 6.79. The number of benzene rings is 2. The highest BCUT2D eigenvalue weighted by molar-refractivity contribution is 6.00. The van der Waals surface area contributed by atoms with Gasteiger partial charge in [-0.1, -0.05) is 24.3 Å². The van der Waals surface area contributed by atoms with Gasteiger partial charge in [0.1, 0.15) is 11.5 Å². The lowest BCUT2D eigenvalue weighted by Gasteiger charge is -2.25. The van der Waals surface area contributed by atoms with Crippen LogP contribution < -0.4 is 25.6 Å². The van der Waals surface area contributed by atoms with Gasteiger partial charge in [0.15, 0.2) is 12.2 Å². The zero-order valence-corrected chi connectivity index (χ0v) is 16.4. The summed E-state index contributed by atoms with van der Waals surface area (Å²) < 4.78 is 11.2. The Morgan fingerprint density at radius 1 is 1.14 bits per heavy atom. The number of amides is 3. The molecule has 2 aromatic rings. The first-order chi connectivity index (χ1) is 13.8. The minimum Gasteiger partial charge on any atom is -0.481 e. The molecule has 8 nitrogen and oxygen atoms in total. The van der Waals surface area contributed by atoms with E-state index in [2.05, 4.69) is 16.2 Å². The van der Waals surface area contributed by atoms with Gasteiger partial charge in [0.05, 0.1) is 12.1 Å². The first-order valence-electron chi connectivity index (χ1n) is 9.23. The van der Waals surface area contributed by atoms with Gasteiger partial charge in [0.2, 0.25) is 5.91 Å². The molecule has 29 heavy (non-hydrogen) atoms. The number of rotatable bonds is 5. The fourth-order valence-corrected chi connectivity index (χ4v) is 2.78. The van der Waals surface area contributed by atoms with E-state index in [1.807, 2.05) is 26.0 Å². The predicted octanol–water partition coefficient (Wildman–Crippen LogP) is 2.01. The number of hydrogen-bond donors (Lipinski definition) is 3. The van der Waals surface area contributed by atoms with E-state index in [0.717, 1.165) is 11.1 Å². The van der Waals surface area contributed by atoms with E-state index in [9.17, 15) is 14.4 Å². The van der Waals surface area contributed by atoms with Gasteiger partial charge in [-0.3, -0.25) is 25.2 Å². The third kappa shape index (κ3) is 4.84. The molecule has 3 N–H and O–H groups in total. The zero-order chi connectivity index (χ0) is 21.0. The Labute approximate surface area is 168 Å². The quantitative estimate of drug-likeness (QED) is 0.670. The van der Waals surface area contributed by atoms with Gasteiger partial charge in [0, 0.05) is 0 Å². The van der Waals surface area contributed by atoms with Gasteiger partial charge in [0.25, 0.3) is 11.8 Å². The van der Waals surface area contributed by atoms with Gasteiger partial charge in [-0.2, -0.15) is 0 Å². The highest BCUT2D eigenvalue weighted by Gasteiger charge is 2.29. The van der Waals surface area contributed by atoms with Crippen LogP contribution in [0.15, 0.2) is 42.5 Å². The average molecular weight is 397 g/mol. The van der Waals surface area contributed by atoms with Gasteiger partial charge in [-0.05, 0) is 50.1 Å². The number of carbonyl (C=O) groups excluding carboxylic acids is 3. The molecule has 1 aliphatic heterocycles. The van der Waals surface area contributed by atoms with Gasteiger partial charge in [-0.15, -0.1) is 0 Å². The van der Waals surface area contributed by atoms with E-state index in [1.54, 1.807) is 37.3 Å². The molecule has 0 aliphatic carbocycles. The van der Waals surface area contributed by atoms with Crippen molar-refractivity contribution in [2.75, 3.05) is 5.32 Å². The van der Waals surface area contributed by atoms with E-state index in [1.165, 1.54) is 0 Å². The first-order valence-corrected chi connectivity index (χ1v) is 9.23. The largest absolute Gasteiger partial charge is 0.481 e. The summed E-state index contributed by atoms with van der Waals surface area (Å²) in [6, 6.07) is 12.5. The summed E-state index contributed by atoms with van der Waals surface area (Å²) in [6.45, 7) is 5.44. The maximum absolute atomic E-state index is 12.2. The van der Waals surface area contributed by atoms with E-state index >= 15 is 0 Å². The van der Waals surface area contributed by atoms with Crippen molar-refractivity contribution in [1.29, 1.82) is 0 Å². The molecular formula is C21H23N3O5. The summed E-state index contributed by atoms with van der Waals surface area (Å²) in [5.74, 6) is -0.401. The van der Waals surface area contributed by atoms with Crippen LogP contribution in [0.2, 0.25) is 0 Å². The predicted molar refractivity (Wildman–Crippen MR) is 106 cm³/mol. The molecule has 0 fully saturated rings. The van der Waals surface area contributed by atoms with Crippen LogP contribution in [0, 0.1) is 13.8 Å². The Balaban J connectivity index is 1.49. The summed E-state index contributed by atoms with van der Waals surface area (Å²) in [7, 11) is 0. The fraction of sp³-hybridized carbons (Fsp3) is 0.286. The molecule has 2 aromatic carbocycles. The highest BCUT2D eigenvalue weighted by Crippen LogP contribution is 2.29. The molecule has 0 bridgehead atoms. The normalized spacial score (nSPS) is 16.0. The van der Waals surface area contributed by atoms with E-state index in [-0.39, 0.29) is 6.42 Å². The minimum absolute atomic E-state index is 0.243. The summed E-state index contributed by atoms with van der Waals surface area (Å²) in [6.07, 6.45) is -2.05. The number of aryl methyl sites for hydroxylation is 1. The lowest BCUT2D eigenvalue weighted by molar-refractivity contribution is -0.135. The Bertz CT molecular complexity index is 944. The van der Waals surface area contributed by atoms with Gasteiger partial charge < -0.3 is 14.8 Å². The van der Waals surface area contributed by atoms with Crippen molar-refractivity contribution in [1.82, 2.24) is 10.9 Å². The Morgan fingerprint density at radius 2 is 1.90 bits per heavy atom. The summed E-state index contributed by atoms with van der Waals surface area (Å²) in [4.78, 5) is 36.4. The molecule has 3 rings (SSSR count). The molecule has 1 heterocycles. The van der Waals surface area contributed by atoms with Crippen LogP contribution in [0.25, 0.3) is 0 Å². The third-order valence-corrected chi connectivity index (χ3v) is 4.63. The van der Waals surface area contributed by atoms with Crippen LogP contribution in [0.3, 0.4) is 0 Å². The van der Waals surface area contributed by atoms with E-state index < -0.39 is 29.9 Å². The summed E-state index contributed by atoms with van der Waals surface area (Å²) in [5, 5.41) is 2.68. The number of anilines is 1. The number of hydrazine groups is 1. The second-order valence-electron chi connectivity index (χ2n) is 6.79. The molecule has 2 atom stereocenters. The molecule has 3 amide bonds. The number of hydrogen-bond acceptors (Lipinski definition) is 5. The molecule has 0 radical (unpaired) electrons. The number of ether oxygens (including phenoxy) is 2. The smallest absolute Gasteiger partial charge is 0.279 e. The molecule has 0 spiro atoms. The van der Waals surface area contributed by atoms with Crippen molar-refractivity contribution in [3.63, 3.8) is 0 Å². The van der Waals surface area contributed by atoms with Crippen LogP contribution in [0.4, 0.5) is 5.69 Å². The maximum Gasteiger partial charge on any atom is 0.279 e. The van der Waals surface area contributed by atoms with Crippen molar-refractivity contribution < 1.29 is 23.9 Å². The van der Waals surface area contributed by atoms with E-state index in [4.69, 9.17) is 9.47 Å². The molecule has 0 saturated heterocycles. The van der Waals surface area contributed by atoms with Crippen LogP contribution >= 0.6 is 0 Å². The molecule has 8 heteroatoms. The Hall–Kier alpha value is -3.55. The van der Waals surface area contributed by atoms with Crippen molar-refractivity contribution >= 4 is 23.4 Å². The molecule has 0 aromatic heterocycles. The molecule has 0 saturated carbocycles.